The van der Waals surface area contributed by atoms with Gasteiger partial charge in [-0.05, 0) is 18.6 Å². The highest BCUT2D eigenvalue weighted by atomic mass is 19.1. The summed E-state index contributed by atoms with van der Waals surface area (Å²) in [6.07, 6.45) is 0.122. The van der Waals surface area contributed by atoms with Crippen molar-refractivity contribution >= 4 is 11.9 Å². The second kappa shape index (κ2) is 6.56. The molecule has 0 N–H and O–H groups in total. The number of ether oxygens (including phenoxy) is 2. The van der Waals surface area contributed by atoms with Crippen molar-refractivity contribution in [2.45, 2.75) is 32.9 Å². The normalized spacial score (nSPS) is 13.0. The maximum absolute atomic E-state index is 14.1. The second-order valence-electron chi connectivity index (χ2n) is 4.77. The van der Waals surface area contributed by atoms with E-state index in [1.54, 1.807) is 19.1 Å². The molecule has 1 aliphatic rings. The Morgan fingerprint density at radius 1 is 1.29 bits per heavy atom. The van der Waals surface area contributed by atoms with Crippen molar-refractivity contribution < 1.29 is 23.5 Å². The Morgan fingerprint density at radius 3 is 2.71 bits per heavy atom. The molecule has 6 heteroatoms. The number of rotatable bonds is 5. The SMILES string of the molecule is CCOC(=O)CCC(=O)N1Cc2ccc(OC)c(F)c2C1. The molecule has 1 aliphatic heterocycles. The topological polar surface area (TPSA) is 55.8 Å². The van der Waals surface area contributed by atoms with Gasteiger partial charge in [0, 0.05) is 25.1 Å². The van der Waals surface area contributed by atoms with Crippen molar-refractivity contribution in [3.8, 4) is 5.75 Å². The van der Waals surface area contributed by atoms with Gasteiger partial charge in [-0.3, -0.25) is 9.59 Å². The summed E-state index contributed by atoms with van der Waals surface area (Å²) in [5.41, 5.74) is 1.26. The van der Waals surface area contributed by atoms with Crippen molar-refractivity contribution in [2.75, 3.05) is 13.7 Å². The van der Waals surface area contributed by atoms with Crippen molar-refractivity contribution in [3.63, 3.8) is 0 Å². The average molecular weight is 295 g/mol. The molecule has 0 unspecified atom stereocenters. The Balaban J connectivity index is 1.98. The van der Waals surface area contributed by atoms with Gasteiger partial charge in [-0.2, -0.15) is 0 Å². The van der Waals surface area contributed by atoms with Gasteiger partial charge in [0.25, 0.3) is 0 Å². The molecule has 1 aromatic carbocycles. The Morgan fingerprint density at radius 2 is 2.05 bits per heavy atom. The third-order valence-electron chi connectivity index (χ3n) is 3.44. The summed E-state index contributed by atoms with van der Waals surface area (Å²) in [4.78, 5) is 24.8. The van der Waals surface area contributed by atoms with Crippen LogP contribution in [-0.4, -0.2) is 30.5 Å². The molecule has 0 aliphatic carbocycles. The molecule has 0 aromatic heterocycles. The second-order valence-corrected chi connectivity index (χ2v) is 4.77. The lowest BCUT2D eigenvalue weighted by Gasteiger charge is -2.14. The van der Waals surface area contributed by atoms with Gasteiger partial charge < -0.3 is 14.4 Å². The highest BCUT2D eigenvalue weighted by Gasteiger charge is 2.27. The number of hydrogen-bond acceptors (Lipinski definition) is 4. The van der Waals surface area contributed by atoms with Crippen LogP contribution in [0.25, 0.3) is 0 Å². The van der Waals surface area contributed by atoms with Crippen LogP contribution in [-0.2, 0) is 27.4 Å². The van der Waals surface area contributed by atoms with Crippen molar-refractivity contribution in [1.29, 1.82) is 0 Å². The molecular formula is C15H18FNO4. The molecule has 1 amide bonds. The first-order valence-corrected chi connectivity index (χ1v) is 6.84. The molecule has 1 heterocycles. The number of halogens is 1. The zero-order valence-electron chi connectivity index (χ0n) is 12.1. The maximum Gasteiger partial charge on any atom is 0.306 e. The fourth-order valence-electron chi connectivity index (χ4n) is 2.35. The van der Waals surface area contributed by atoms with Gasteiger partial charge in [0.2, 0.25) is 5.91 Å². The van der Waals surface area contributed by atoms with Crippen molar-refractivity contribution in [1.82, 2.24) is 4.90 Å². The third-order valence-corrected chi connectivity index (χ3v) is 3.44. The Bertz CT molecular complexity index is 559. The van der Waals surface area contributed by atoms with Gasteiger partial charge in [-0.25, -0.2) is 4.39 Å². The van der Waals surface area contributed by atoms with E-state index in [-0.39, 0.29) is 31.0 Å². The number of fused-ring (bicyclic) bond motifs is 1. The molecule has 0 bridgehead atoms. The largest absolute Gasteiger partial charge is 0.494 e. The maximum atomic E-state index is 14.1. The minimum atomic E-state index is -0.421. The van der Waals surface area contributed by atoms with Crippen LogP contribution in [0, 0.1) is 5.82 Å². The lowest BCUT2D eigenvalue weighted by atomic mass is 10.1. The zero-order valence-corrected chi connectivity index (χ0v) is 12.1. The van der Waals surface area contributed by atoms with Crippen LogP contribution >= 0.6 is 0 Å². The highest BCUT2D eigenvalue weighted by Crippen LogP contribution is 2.31. The van der Waals surface area contributed by atoms with Crippen LogP contribution in [0.15, 0.2) is 12.1 Å². The van der Waals surface area contributed by atoms with Gasteiger partial charge >= 0.3 is 5.97 Å². The van der Waals surface area contributed by atoms with Crippen LogP contribution in [0.2, 0.25) is 0 Å². The molecule has 5 nitrogen and oxygen atoms in total. The summed E-state index contributed by atoms with van der Waals surface area (Å²) in [6.45, 7) is 2.58. The Hall–Kier alpha value is -2.11. The Labute approximate surface area is 122 Å². The van der Waals surface area contributed by atoms with E-state index in [0.717, 1.165) is 5.56 Å². The number of amides is 1. The van der Waals surface area contributed by atoms with Crippen LogP contribution < -0.4 is 4.74 Å². The zero-order chi connectivity index (χ0) is 15.4. The van der Waals surface area contributed by atoms with Gasteiger partial charge in [0.15, 0.2) is 11.6 Å². The van der Waals surface area contributed by atoms with Crippen LogP contribution in [0.4, 0.5) is 4.39 Å². The van der Waals surface area contributed by atoms with Gasteiger partial charge in [0.05, 0.1) is 20.1 Å². The number of carbonyl (C=O) groups is 2. The van der Waals surface area contributed by atoms with E-state index < -0.39 is 11.8 Å². The summed E-state index contributed by atoms with van der Waals surface area (Å²) in [5.74, 6) is -0.821. The van der Waals surface area contributed by atoms with E-state index in [0.29, 0.717) is 18.7 Å². The molecule has 0 saturated carbocycles. The van der Waals surface area contributed by atoms with E-state index >= 15 is 0 Å². The molecule has 2 rings (SSSR count). The lowest BCUT2D eigenvalue weighted by Crippen LogP contribution is -2.26. The average Bonchev–Trinajstić information content (AvgIpc) is 2.90. The van der Waals surface area contributed by atoms with Crippen molar-refractivity contribution in [3.05, 3.63) is 29.1 Å². The third kappa shape index (κ3) is 3.32. The van der Waals surface area contributed by atoms with E-state index in [1.165, 1.54) is 12.0 Å². The first-order chi connectivity index (χ1) is 10.1. The highest BCUT2D eigenvalue weighted by molar-refractivity contribution is 5.81. The van der Waals surface area contributed by atoms with Gasteiger partial charge in [0.1, 0.15) is 0 Å². The minimum absolute atomic E-state index is 0.0469. The number of carbonyl (C=O) groups excluding carboxylic acids is 2. The van der Waals surface area contributed by atoms with E-state index in [9.17, 15) is 14.0 Å². The molecule has 0 radical (unpaired) electrons. The van der Waals surface area contributed by atoms with Crippen LogP contribution in [0.1, 0.15) is 30.9 Å². The molecule has 0 atom stereocenters. The van der Waals surface area contributed by atoms with Gasteiger partial charge in [-0.15, -0.1) is 0 Å². The number of hydrogen-bond donors (Lipinski definition) is 0. The molecule has 0 fully saturated rings. The standard InChI is InChI=1S/C15H18FNO4/c1-3-21-14(19)7-6-13(18)17-8-10-4-5-12(20-2)15(16)11(10)9-17/h4-5H,3,6-9H2,1-2H3. The predicted octanol–water partition coefficient (Wildman–Crippen LogP) is 2.02. The minimum Gasteiger partial charge on any atom is -0.494 e. The number of esters is 1. The molecular weight excluding hydrogens is 277 g/mol. The summed E-state index contributed by atoms with van der Waals surface area (Å²) in [6, 6.07) is 3.32. The fraction of sp³-hybridized carbons (Fsp3) is 0.467. The van der Waals surface area contributed by atoms with Crippen LogP contribution in [0.5, 0.6) is 5.75 Å². The molecule has 114 valence electrons. The molecule has 0 saturated heterocycles. The Kier molecular flexibility index (Phi) is 4.77. The molecule has 1 aromatic rings. The first-order valence-electron chi connectivity index (χ1n) is 6.84. The van der Waals surface area contributed by atoms with Crippen molar-refractivity contribution in [2.24, 2.45) is 0 Å². The molecule has 0 spiro atoms. The molecule has 21 heavy (non-hydrogen) atoms. The number of nitrogens with zero attached hydrogens (tertiary/aromatic N) is 1. The van der Waals surface area contributed by atoms with E-state index in [1.807, 2.05) is 0 Å². The first kappa shape index (κ1) is 15.3. The fourth-order valence-corrected chi connectivity index (χ4v) is 2.35. The number of methoxy groups -OCH3 is 1. The van der Waals surface area contributed by atoms with E-state index in [2.05, 4.69) is 0 Å². The summed E-state index contributed by atoms with van der Waals surface area (Å²) >= 11 is 0. The monoisotopic (exact) mass is 295 g/mol. The van der Waals surface area contributed by atoms with E-state index in [4.69, 9.17) is 9.47 Å². The number of benzene rings is 1. The van der Waals surface area contributed by atoms with Gasteiger partial charge in [-0.1, -0.05) is 6.07 Å². The predicted molar refractivity (Wildman–Crippen MR) is 73.1 cm³/mol. The van der Waals surface area contributed by atoms with Crippen LogP contribution in [0.3, 0.4) is 0 Å². The summed E-state index contributed by atoms with van der Waals surface area (Å²) < 4.78 is 23.8. The quantitative estimate of drug-likeness (QED) is 0.780. The summed E-state index contributed by atoms with van der Waals surface area (Å²) in [7, 11) is 1.40. The smallest absolute Gasteiger partial charge is 0.306 e. The lowest BCUT2D eigenvalue weighted by molar-refractivity contribution is -0.145. The summed E-state index contributed by atoms with van der Waals surface area (Å²) in [5, 5.41) is 0.